The van der Waals surface area contributed by atoms with Crippen LogP contribution in [0.4, 0.5) is 0 Å². The standard InChI is InChI=1S/C24H27N3O2/c1-15-13-21-22(14-16(15)2)27(24(29)17(3)25-21)12-11-23(28)26-20-10-6-8-18-7-4-5-9-19(18)20/h4-5,7,9,13-14,20H,6,8,10-12H2,1-3H3,(H,26,28)/t20-/m0/s1. The Morgan fingerprint density at radius 3 is 2.76 bits per heavy atom. The molecular formula is C24H27N3O2. The number of amides is 1. The molecule has 0 spiro atoms. The van der Waals surface area contributed by atoms with Gasteiger partial charge in [0, 0.05) is 13.0 Å². The number of aromatic nitrogens is 2. The normalized spacial score (nSPS) is 15.9. The van der Waals surface area contributed by atoms with Crippen LogP contribution >= 0.6 is 0 Å². The van der Waals surface area contributed by atoms with Gasteiger partial charge in [0.1, 0.15) is 5.69 Å². The first kappa shape index (κ1) is 19.4. The predicted molar refractivity (Wildman–Crippen MR) is 115 cm³/mol. The minimum absolute atomic E-state index is 0.0231. The van der Waals surface area contributed by atoms with E-state index in [0.717, 1.165) is 41.4 Å². The number of fused-ring (bicyclic) bond motifs is 2. The molecule has 0 bridgehead atoms. The van der Waals surface area contributed by atoms with Crippen molar-refractivity contribution in [1.82, 2.24) is 14.9 Å². The monoisotopic (exact) mass is 389 g/mol. The smallest absolute Gasteiger partial charge is 0.272 e. The van der Waals surface area contributed by atoms with E-state index in [1.54, 1.807) is 11.5 Å². The molecule has 1 aliphatic rings. The molecule has 1 heterocycles. The van der Waals surface area contributed by atoms with Crippen molar-refractivity contribution in [1.29, 1.82) is 0 Å². The fourth-order valence-corrected chi connectivity index (χ4v) is 4.23. The minimum Gasteiger partial charge on any atom is -0.349 e. The lowest BCUT2D eigenvalue weighted by molar-refractivity contribution is -0.122. The summed E-state index contributed by atoms with van der Waals surface area (Å²) >= 11 is 0. The molecule has 29 heavy (non-hydrogen) atoms. The summed E-state index contributed by atoms with van der Waals surface area (Å²) in [7, 11) is 0. The van der Waals surface area contributed by atoms with Crippen molar-refractivity contribution in [2.75, 3.05) is 0 Å². The Labute approximate surface area is 170 Å². The van der Waals surface area contributed by atoms with Gasteiger partial charge >= 0.3 is 0 Å². The summed E-state index contributed by atoms with van der Waals surface area (Å²) in [4.78, 5) is 29.9. The van der Waals surface area contributed by atoms with Crippen molar-refractivity contribution in [2.45, 2.75) is 59.0 Å². The molecule has 0 radical (unpaired) electrons. The Morgan fingerprint density at radius 2 is 1.93 bits per heavy atom. The van der Waals surface area contributed by atoms with E-state index in [1.165, 1.54) is 11.1 Å². The number of rotatable bonds is 4. The van der Waals surface area contributed by atoms with Crippen molar-refractivity contribution in [3.05, 3.63) is 74.7 Å². The first-order chi connectivity index (χ1) is 13.9. The van der Waals surface area contributed by atoms with Crippen LogP contribution < -0.4 is 10.9 Å². The molecule has 2 aromatic carbocycles. The summed E-state index contributed by atoms with van der Waals surface area (Å²) in [6.45, 7) is 6.14. The van der Waals surface area contributed by atoms with Gasteiger partial charge in [-0.3, -0.25) is 9.59 Å². The van der Waals surface area contributed by atoms with Crippen molar-refractivity contribution in [3.8, 4) is 0 Å². The highest BCUT2D eigenvalue weighted by Gasteiger charge is 2.21. The summed E-state index contributed by atoms with van der Waals surface area (Å²) in [5.74, 6) is -0.0231. The second-order valence-electron chi connectivity index (χ2n) is 8.04. The summed E-state index contributed by atoms with van der Waals surface area (Å²) in [5.41, 5.74) is 6.72. The van der Waals surface area contributed by atoms with Crippen molar-refractivity contribution in [2.24, 2.45) is 0 Å². The Morgan fingerprint density at radius 1 is 1.17 bits per heavy atom. The first-order valence-corrected chi connectivity index (χ1v) is 10.3. The fraction of sp³-hybridized carbons (Fsp3) is 0.375. The maximum absolute atomic E-state index is 12.7. The van der Waals surface area contributed by atoms with E-state index in [9.17, 15) is 9.59 Å². The zero-order valence-corrected chi connectivity index (χ0v) is 17.3. The van der Waals surface area contributed by atoms with Gasteiger partial charge in [-0.05, 0) is 74.4 Å². The second kappa shape index (κ2) is 7.82. The average molecular weight is 389 g/mol. The predicted octanol–water partition coefficient (Wildman–Crippen LogP) is 3.91. The van der Waals surface area contributed by atoms with Gasteiger partial charge in [0.2, 0.25) is 5.91 Å². The minimum atomic E-state index is -0.128. The molecule has 0 unspecified atom stereocenters. The lowest BCUT2D eigenvalue weighted by atomic mass is 9.87. The van der Waals surface area contributed by atoms with E-state index in [-0.39, 0.29) is 23.9 Å². The highest BCUT2D eigenvalue weighted by Crippen LogP contribution is 2.29. The molecular weight excluding hydrogens is 362 g/mol. The van der Waals surface area contributed by atoms with Gasteiger partial charge in [0.25, 0.3) is 5.56 Å². The molecule has 0 saturated carbocycles. The number of aryl methyl sites for hydroxylation is 5. The molecule has 1 aromatic heterocycles. The average Bonchev–Trinajstić information content (AvgIpc) is 2.70. The number of carbonyl (C=O) groups excluding carboxylic acids is 1. The molecule has 150 valence electrons. The van der Waals surface area contributed by atoms with Crippen LogP contribution in [0.1, 0.15) is 53.3 Å². The molecule has 5 nitrogen and oxygen atoms in total. The maximum Gasteiger partial charge on any atom is 0.272 e. The fourth-order valence-electron chi connectivity index (χ4n) is 4.23. The number of nitrogens with zero attached hydrogens (tertiary/aromatic N) is 2. The van der Waals surface area contributed by atoms with Gasteiger partial charge in [0.05, 0.1) is 17.1 Å². The lowest BCUT2D eigenvalue weighted by Crippen LogP contribution is -2.33. The van der Waals surface area contributed by atoms with Crippen LogP contribution in [0.25, 0.3) is 11.0 Å². The van der Waals surface area contributed by atoms with E-state index in [0.29, 0.717) is 12.2 Å². The van der Waals surface area contributed by atoms with Gasteiger partial charge in [-0.15, -0.1) is 0 Å². The number of benzene rings is 2. The number of hydrogen-bond acceptors (Lipinski definition) is 3. The van der Waals surface area contributed by atoms with Crippen molar-refractivity contribution < 1.29 is 4.79 Å². The Hall–Kier alpha value is -2.95. The van der Waals surface area contributed by atoms with Crippen molar-refractivity contribution in [3.63, 3.8) is 0 Å². The third-order valence-electron chi connectivity index (χ3n) is 5.99. The van der Waals surface area contributed by atoms with E-state index >= 15 is 0 Å². The van der Waals surface area contributed by atoms with Gasteiger partial charge in [-0.1, -0.05) is 24.3 Å². The Kier molecular flexibility index (Phi) is 5.22. The van der Waals surface area contributed by atoms with Crippen LogP contribution in [0, 0.1) is 20.8 Å². The van der Waals surface area contributed by atoms with Crippen LogP contribution in [0.3, 0.4) is 0 Å². The zero-order valence-electron chi connectivity index (χ0n) is 17.3. The van der Waals surface area contributed by atoms with Gasteiger partial charge < -0.3 is 9.88 Å². The summed E-state index contributed by atoms with van der Waals surface area (Å²) < 4.78 is 1.69. The summed E-state index contributed by atoms with van der Waals surface area (Å²) in [5, 5.41) is 3.18. The number of carbonyl (C=O) groups is 1. The van der Waals surface area contributed by atoms with Crippen LogP contribution in [0.5, 0.6) is 0 Å². The molecule has 0 fully saturated rings. The molecule has 0 saturated heterocycles. The lowest BCUT2D eigenvalue weighted by Gasteiger charge is -2.26. The highest BCUT2D eigenvalue weighted by atomic mass is 16.2. The molecule has 5 heteroatoms. The van der Waals surface area contributed by atoms with E-state index in [2.05, 4.69) is 28.5 Å². The molecule has 1 N–H and O–H groups in total. The molecule has 1 amide bonds. The van der Waals surface area contributed by atoms with Crippen LogP contribution in [0.15, 0.2) is 41.2 Å². The SMILES string of the molecule is Cc1cc2nc(C)c(=O)n(CCC(=O)N[C@H]3CCCc4ccccc43)c2cc1C. The maximum atomic E-state index is 12.7. The van der Waals surface area contributed by atoms with Gasteiger partial charge in [0.15, 0.2) is 0 Å². The van der Waals surface area contributed by atoms with E-state index in [4.69, 9.17) is 0 Å². The molecule has 1 atom stereocenters. The first-order valence-electron chi connectivity index (χ1n) is 10.3. The van der Waals surface area contributed by atoms with Crippen LogP contribution in [-0.2, 0) is 17.8 Å². The third kappa shape index (κ3) is 3.82. The topological polar surface area (TPSA) is 64.0 Å². The van der Waals surface area contributed by atoms with Crippen LogP contribution in [0.2, 0.25) is 0 Å². The van der Waals surface area contributed by atoms with E-state index < -0.39 is 0 Å². The molecule has 4 rings (SSSR count). The summed E-state index contributed by atoms with van der Waals surface area (Å²) in [6.07, 6.45) is 3.37. The molecule has 1 aliphatic carbocycles. The Balaban J connectivity index is 1.54. The largest absolute Gasteiger partial charge is 0.349 e. The second-order valence-corrected chi connectivity index (χ2v) is 8.04. The number of nitrogens with one attached hydrogen (secondary N) is 1. The quantitative estimate of drug-likeness (QED) is 0.736. The molecule has 3 aromatic rings. The van der Waals surface area contributed by atoms with E-state index in [1.807, 2.05) is 32.0 Å². The van der Waals surface area contributed by atoms with Gasteiger partial charge in [-0.25, -0.2) is 4.98 Å². The highest BCUT2D eigenvalue weighted by molar-refractivity contribution is 5.78. The number of hydrogen-bond donors (Lipinski definition) is 1. The Bertz CT molecular complexity index is 1150. The van der Waals surface area contributed by atoms with Crippen LogP contribution in [-0.4, -0.2) is 15.5 Å². The summed E-state index contributed by atoms with van der Waals surface area (Å²) in [6, 6.07) is 12.4. The van der Waals surface area contributed by atoms with Crippen molar-refractivity contribution >= 4 is 16.9 Å². The third-order valence-corrected chi connectivity index (χ3v) is 5.99. The zero-order chi connectivity index (χ0) is 20.5. The molecule has 0 aliphatic heterocycles. The van der Waals surface area contributed by atoms with Gasteiger partial charge in [-0.2, -0.15) is 0 Å².